The summed E-state index contributed by atoms with van der Waals surface area (Å²) in [5.74, 6) is 11.7. The number of hydrogen-bond donors (Lipinski definition) is 3. The maximum Gasteiger partial charge on any atom is 0.308 e. The van der Waals surface area contributed by atoms with Crippen LogP contribution in [0.2, 0.25) is 0 Å². The predicted molar refractivity (Wildman–Crippen MR) is 436 cm³/mol. The number of aromatic nitrogens is 6. The summed E-state index contributed by atoms with van der Waals surface area (Å²) in [4.78, 5) is 106. The number of nitrogens with two attached hydrogens (primary N) is 1. The summed E-state index contributed by atoms with van der Waals surface area (Å²) in [6, 6.07) is 47.5. The van der Waals surface area contributed by atoms with E-state index >= 15 is 0 Å². The predicted octanol–water partition coefficient (Wildman–Crippen LogP) is 12.6. The molecule has 6 aromatic carbocycles. The Kier molecular flexibility index (Phi) is 21.2. The smallest absolute Gasteiger partial charge is 0.308 e. The lowest BCUT2D eigenvalue weighted by Crippen LogP contribution is -2.51. The molecule has 0 saturated heterocycles. The van der Waals surface area contributed by atoms with E-state index in [4.69, 9.17) is 40.2 Å². The Morgan fingerprint density at radius 2 is 1.19 bits per heavy atom. The molecule has 2 atom stereocenters. The zero-order valence-electron chi connectivity index (χ0n) is 63.0. The third kappa shape index (κ3) is 14.8. The zero-order valence-corrected chi connectivity index (χ0v) is 66.2. The molecule has 2 saturated carbocycles. The Hall–Kier alpha value is -11.4. The monoisotopic (exact) mass is 1630 g/mol. The van der Waals surface area contributed by atoms with Crippen LogP contribution in [-0.2, 0) is 43.7 Å². The third-order valence-corrected chi connectivity index (χ3v) is 23.2. The number of anilines is 4. The van der Waals surface area contributed by atoms with Crippen molar-refractivity contribution in [2.75, 3.05) is 65.9 Å². The maximum absolute atomic E-state index is 14.0. The van der Waals surface area contributed by atoms with Crippen LogP contribution in [0.1, 0.15) is 172 Å². The molecule has 2 fully saturated rings. The van der Waals surface area contributed by atoms with Crippen molar-refractivity contribution in [3.63, 3.8) is 0 Å². The average Bonchev–Trinajstić information content (AvgIpc) is 1.61. The standard InChI is InChI=1S/C30H29N5O3.C29H33BrN6O2.C26H25BrN6O3/c1-3-33-28(37)26-27(35-20-30(32-29(33)35)17-7-8-18-30)34(19-23-11-14-24(15-12-23)38-21(2)36)25(31-26)16-13-22-9-5-4-6-10-22;1-2-34-27(38)25-26(36-18-22(32-29(34)36)15-19-9-5-3-6-10-19)33-28(31-21-11-7-4-8-12-21)35(25)17-20-13-14-24(37)23(30)16-20;1-2-31-25(35)20-23(33-14-18(29-26(31)33)11-15-6-4-3-5-7-15)30-24(22(28)34)32(20)13-16-10-17-8-9-36-21(17)19(27)12-16/h4-6,9-12,14-15H,3,7-8,17-20H2,1-2H3;3,5-6,9-10,13-14,16,21-22,37H,2,4,7-8,11-12,15,17-18H2,1H3,(H,31,33);3-7,10,12,18H,2,8-9,11,13-14H2,1H3,(H2,28,34)/t;22-;18-/m.11/s1. The number of primary amides is 1. The van der Waals surface area contributed by atoms with Gasteiger partial charge in [-0.05, 0) is 173 Å². The van der Waals surface area contributed by atoms with Gasteiger partial charge in [0.2, 0.25) is 29.7 Å². The maximum atomic E-state index is 14.0. The van der Waals surface area contributed by atoms with Crippen LogP contribution in [0.4, 0.5) is 23.4 Å². The molecule has 0 unspecified atom stereocenters. The fourth-order valence-corrected chi connectivity index (χ4v) is 17.8. The van der Waals surface area contributed by atoms with Crippen molar-refractivity contribution in [2.24, 2.45) is 20.7 Å². The number of phenolic OH excluding ortho intramolecular Hbond substituents is 1. The Morgan fingerprint density at radius 1 is 0.616 bits per heavy atom. The minimum absolute atomic E-state index is 0.0370. The topological polar surface area (TPSA) is 272 Å². The van der Waals surface area contributed by atoms with E-state index in [1.165, 1.54) is 37.3 Å². The zero-order chi connectivity index (χ0) is 77.5. The van der Waals surface area contributed by atoms with Crippen LogP contribution in [0.15, 0.2) is 170 Å². The van der Waals surface area contributed by atoms with E-state index in [-0.39, 0.29) is 59.4 Å². The molecule has 0 radical (unpaired) electrons. The Balaban J connectivity index is 0.000000127. The van der Waals surface area contributed by atoms with E-state index in [0.29, 0.717) is 115 Å². The molecule has 3 aromatic heterocycles. The number of fused-ring (bicyclic) bond motifs is 10. The molecule has 10 heterocycles. The highest BCUT2D eigenvalue weighted by Gasteiger charge is 2.51. The van der Waals surface area contributed by atoms with Crippen molar-refractivity contribution in [1.29, 1.82) is 0 Å². The number of carbonyl (C=O) groups excluding carboxylic acids is 5. The number of aromatic hydroxyl groups is 1. The molecule has 574 valence electrons. The number of ether oxygens (including phenoxy) is 2. The van der Waals surface area contributed by atoms with E-state index in [1.54, 1.807) is 37.5 Å². The number of esters is 1. The van der Waals surface area contributed by atoms with Gasteiger partial charge in [0.25, 0.3) is 23.6 Å². The first kappa shape index (κ1) is 74.7. The molecule has 7 aliphatic heterocycles. The van der Waals surface area contributed by atoms with Crippen molar-refractivity contribution >= 4 is 103 Å². The van der Waals surface area contributed by atoms with Crippen molar-refractivity contribution < 1.29 is 38.6 Å². The summed E-state index contributed by atoms with van der Waals surface area (Å²) in [6.45, 7) is 12.6. The first-order valence-corrected chi connectivity index (χ1v) is 40.3. The molecule has 4 amide bonds. The van der Waals surface area contributed by atoms with Gasteiger partial charge in [0, 0.05) is 44.6 Å². The molecule has 1 spiro atoms. The quantitative estimate of drug-likeness (QED) is 0.0434. The molecule has 18 rings (SSSR count). The Bertz CT molecular complexity index is 5310. The Morgan fingerprint density at radius 3 is 1.79 bits per heavy atom. The number of phenols is 1. The van der Waals surface area contributed by atoms with Gasteiger partial charge in [-0.15, -0.1) is 0 Å². The van der Waals surface area contributed by atoms with Crippen molar-refractivity contribution in [3.05, 3.63) is 222 Å². The number of nitrogens with zero attached hydrogens (tertiary/aromatic N) is 15. The number of nitrogens with one attached hydrogen (secondary N) is 1. The van der Waals surface area contributed by atoms with Gasteiger partial charge in [0.05, 0.1) is 72.4 Å². The Labute approximate surface area is 666 Å². The van der Waals surface area contributed by atoms with Crippen LogP contribution in [0.5, 0.6) is 17.2 Å². The summed E-state index contributed by atoms with van der Waals surface area (Å²) in [6.07, 6.45) is 12.6. The van der Waals surface area contributed by atoms with Crippen LogP contribution in [0.25, 0.3) is 0 Å². The molecular formula is C85H87Br2N17O8. The van der Waals surface area contributed by atoms with Crippen molar-refractivity contribution in [2.45, 2.75) is 148 Å². The number of rotatable bonds is 17. The molecule has 9 aliphatic rings. The molecule has 9 aromatic rings. The summed E-state index contributed by atoms with van der Waals surface area (Å²) in [5, 5.41) is 13.7. The van der Waals surface area contributed by atoms with E-state index < -0.39 is 5.91 Å². The molecule has 27 heteroatoms. The van der Waals surface area contributed by atoms with Crippen LogP contribution in [-0.4, -0.2) is 165 Å². The molecule has 2 aliphatic carbocycles. The highest BCUT2D eigenvalue weighted by Crippen LogP contribution is 2.45. The average molecular weight is 1630 g/mol. The SMILES string of the molecule is CCN1C(=O)c2c(nc(C(N)=O)n2Cc2cc(Br)c3c(c2)CCO3)N2C[C@@H](Cc3ccccc3)N=C12.CCN1C(=O)c2c(nc(NC3CCCCC3)n2Cc2ccc(O)c(Br)c2)N2C[C@@H](Cc3ccccc3)N=C12.CCN1C(=O)c2nc(C#Cc3ccccc3)n(Cc3ccc(OC(C)=O)cc3)c2N2CC3(CCCC3)N=C12. The second-order valence-corrected chi connectivity index (χ2v) is 31.3. The molecule has 112 heavy (non-hydrogen) atoms. The van der Waals surface area contributed by atoms with Gasteiger partial charge in [-0.2, -0.15) is 4.98 Å². The largest absolute Gasteiger partial charge is 0.507 e. The van der Waals surface area contributed by atoms with Crippen LogP contribution >= 0.6 is 31.9 Å². The number of hydrogen-bond acceptors (Lipinski definition) is 18. The summed E-state index contributed by atoms with van der Waals surface area (Å²) < 4.78 is 18.1. The van der Waals surface area contributed by atoms with E-state index in [9.17, 15) is 29.1 Å². The summed E-state index contributed by atoms with van der Waals surface area (Å²) in [7, 11) is 0. The van der Waals surface area contributed by atoms with Gasteiger partial charge >= 0.3 is 5.97 Å². The second kappa shape index (κ2) is 31.8. The normalized spacial score (nSPS) is 18.2. The summed E-state index contributed by atoms with van der Waals surface area (Å²) >= 11 is 7.02. The minimum Gasteiger partial charge on any atom is -0.507 e. The van der Waals surface area contributed by atoms with Crippen LogP contribution in [0.3, 0.4) is 0 Å². The number of carbonyl (C=O) groups is 5. The number of benzene rings is 6. The van der Waals surface area contributed by atoms with Gasteiger partial charge in [-0.1, -0.05) is 141 Å². The lowest BCUT2D eigenvalue weighted by Gasteiger charge is -2.34. The molecular weight excluding hydrogens is 1550 g/mol. The highest BCUT2D eigenvalue weighted by atomic mass is 79.9. The van der Waals surface area contributed by atoms with E-state index in [1.807, 2.05) is 126 Å². The van der Waals surface area contributed by atoms with Crippen molar-refractivity contribution in [3.8, 4) is 29.1 Å². The minimum atomic E-state index is -0.678. The molecule has 0 bridgehead atoms. The fourth-order valence-electron chi connectivity index (χ4n) is 16.7. The summed E-state index contributed by atoms with van der Waals surface area (Å²) in [5.41, 5.74) is 14.2. The lowest BCUT2D eigenvalue weighted by atomic mass is 9.96. The number of aliphatic imine (C=N–C) groups is 3. The molecule has 25 nitrogen and oxygen atoms in total. The van der Waals surface area contributed by atoms with Gasteiger partial charge < -0.3 is 30.2 Å². The molecule has 4 N–H and O–H groups in total. The number of guanidine groups is 3. The number of imidazole rings is 3. The fraction of sp³-hybridized carbons (Fsp3) is 0.353. The van der Waals surface area contributed by atoms with Gasteiger partial charge in [-0.25, -0.2) is 24.9 Å². The highest BCUT2D eigenvalue weighted by molar-refractivity contribution is 9.11. The van der Waals surface area contributed by atoms with E-state index in [2.05, 4.69) is 100 Å². The first-order chi connectivity index (χ1) is 54.4. The second-order valence-electron chi connectivity index (χ2n) is 29.6. The van der Waals surface area contributed by atoms with Crippen molar-refractivity contribution in [1.82, 2.24) is 43.4 Å². The van der Waals surface area contributed by atoms with Gasteiger partial charge in [0.1, 0.15) is 23.1 Å². The van der Waals surface area contributed by atoms with Crippen LogP contribution < -0.4 is 35.2 Å². The first-order valence-electron chi connectivity index (χ1n) is 38.7. The van der Waals surface area contributed by atoms with Gasteiger partial charge in [0.15, 0.2) is 34.5 Å². The van der Waals surface area contributed by atoms with E-state index in [0.717, 1.165) is 120 Å². The number of amides is 4. The number of halogens is 2. The third-order valence-electron chi connectivity index (χ3n) is 21.9. The van der Waals surface area contributed by atoms with Crippen LogP contribution in [0, 0.1) is 11.8 Å². The van der Waals surface area contributed by atoms with Gasteiger partial charge in [-0.3, -0.25) is 62.5 Å². The lowest BCUT2D eigenvalue weighted by molar-refractivity contribution is -0.131.